The number of hydrogen-bond acceptors (Lipinski definition) is 3. The first-order valence-corrected chi connectivity index (χ1v) is 9.24. The summed E-state index contributed by atoms with van der Waals surface area (Å²) in [7, 11) is 0. The van der Waals surface area contributed by atoms with Crippen molar-refractivity contribution in [1.29, 1.82) is 0 Å². The number of aromatic nitrogens is 1. The van der Waals surface area contributed by atoms with Crippen LogP contribution in [0.1, 0.15) is 43.8 Å². The van der Waals surface area contributed by atoms with Crippen molar-refractivity contribution in [3.63, 3.8) is 0 Å². The van der Waals surface area contributed by atoms with Crippen molar-refractivity contribution in [3.8, 4) is 0 Å². The third-order valence-electron chi connectivity index (χ3n) is 4.85. The Morgan fingerprint density at radius 1 is 1.23 bits per heavy atom. The van der Waals surface area contributed by atoms with Crippen LogP contribution in [0.2, 0.25) is 0 Å². The lowest BCUT2D eigenvalue weighted by molar-refractivity contribution is 0.244. The van der Waals surface area contributed by atoms with Gasteiger partial charge in [0.1, 0.15) is 0 Å². The normalized spacial score (nSPS) is 16.2. The van der Waals surface area contributed by atoms with Gasteiger partial charge in [-0.05, 0) is 31.2 Å². The largest absolute Gasteiger partial charge is 0.336 e. The minimum Gasteiger partial charge on any atom is -0.336 e. The van der Waals surface area contributed by atoms with Gasteiger partial charge < -0.3 is 10.6 Å². The van der Waals surface area contributed by atoms with Crippen molar-refractivity contribution < 1.29 is 4.79 Å². The quantitative estimate of drug-likeness (QED) is 0.865. The number of fused-ring (bicyclic) bond motifs is 1. The summed E-state index contributed by atoms with van der Waals surface area (Å²) in [6.07, 6.45) is 0. The Kier molecular flexibility index (Phi) is 5.28. The molecule has 0 bridgehead atoms. The Bertz CT molecular complexity index is 773. The third-order valence-corrected chi connectivity index (χ3v) is 4.85. The molecule has 26 heavy (non-hydrogen) atoms. The van der Waals surface area contributed by atoms with Crippen molar-refractivity contribution in [3.05, 3.63) is 59.4 Å². The van der Waals surface area contributed by atoms with Crippen LogP contribution in [0.15, 0.2) is 42.5 Å². The van der Waals surface area contributed by atoms with Gasteiger partial charge in [0.05, 0.1) is 11.4 Å². The molecule has 2 amide bonds. The lowest BCUT2D eigenvalue weighted by atomic mass is 9.91. The van der Waals surface area contributed by atoms with Crippen molar-refractivity contribution in [2.24, 2.45) is 0 Å². The van der Waals surface area contributed by atoms with E-state index in [1.165, 1.54) is 5.56 Å². The number of urea groups is 1. The number of nitrogens with zero attached hydrogens (tertiary/aromatic N) is 2. The maximum atomic E-state index is 12.9. The number of likely N-dealkylation sites (N-methyl/N-ethyl adjacent to an activating group) is 1. The van der Waals surface area contributed by atoms with E-state index in [4.69, 9.17) is 0 Å². The minimum atomic E-state index is -0.140. The molecule has 5 nitrogen and oxygen atoms in total. The highest BCUT2D eigenvalue weighted by atomic mass is 16.2. The summed E-state index contributed by atoms with van der Waals surface area (Å²) in [5.41, 5.74) is 3.93. The molecule has 0 radical (unpaired) electrons. The Balaban J connectivity index is 1.73. The summed E-state index contributed by atoms with van der Waals surface area (Å²) in [6, 6.07) is 14.2. The molecule has 0 unspecified atom stereocenters. The number of aryl methyl sites for hydroxylation is 1. The zero-order valence-corrected chi connectivity index (χ0v) is 16.0. The molecular weight excluding hydrogens is 324 g/mol. The summed E-state index contributed by atoms with van der Waals surface area (Å²) >= 11 is 0. The van der Waals surface area contributed by atoms with Gasteiger partial charge in [-0.25, -0.2) is 4.79 Å². The highest BCUT2D eigenvalue weighted by molar-refractivity contribution is 5.94. The van der Waals surface area contributed by atoms with Gasteiger partial charge in [0.2, 0.25) is 0 Å². The second kappa shape index (κ2) is 7.46. The van der Waals surface area contributed by atoms with Crippen LogP contribution in [0, 0.1) is 6.92 Å². The van der Waals surface area contributed by atoms with Crippen LogP contribution in [0.5, 0.6) is 0 Å². The number of carbonyl (C=O) groups excluding carboxylic acids is 1. The van der Waals surface area contributed by atoms with E-state index in [1.54, 1.807) is 0 Å². The van der Waals surface area contributed by atoms with Gasteiger partial charge in [0.15, 0.2) is 0 Å². The van der Waals surface area contributed by atoms with E-state index in [2.05, 4.69) is 48.5 Å². The monoisotopic (exact) mass is 352 g/mol. The van der Waals surface area contributed by atoms with Crippen LogP contribution < -0.4 is 15.5 Å². The molecule has 2 heterocycles. The molecule has 0 aliphatic carbocycles. The summed E-state index contributed by atoms with van der Waals surface area (Å²) in [5.74, 6) is 0. The SMILES string of the molecule is CCN[C@@H](CNC(=O)N1CC(C)(C)c2nc(C)ccc21)c1ccccc1. The van der Waals surface area contributed by atoms with Gasteiger partial charge in [0, 0.05) is 30.2 Å². The molecule has 1 aliphatic rings. The molecule has 0 spiro atoms. The molecule has 138 valence electrons. The van der Waals surface area contributed by atoms with E-state index >= 15 is 0 Å². The van der Waals surface area contributed by atoms with Gasteiger partial charge >= 0.3 is 6.03 Å². The molecule has 2 aromatic rings. The van der Waals surface area contributed by atoms with Gasteiger partial charge in [-0.1, -0.05) is 51.1 Å². The zero-order valence-electron chi connectivity index (χ0n) is 16.0. The zero-order chi connectivity index (χ0) is 18.7. The van der Waals surface area contributed by atoms with Crippen molar-refractivity contribution in [2.75, 3.05) is 24.5 Å². The van der Waals surface area contributed by atoms with E-state index in [-0.39, 0.29) is 17.5 Å². The summed E-state index contributed by atoms with van der Waals surface area (Å²) in [6.45, 7) is 10.4. The number of amides is 2. The first-order valence-electron chi connectivity index (χ1n) is 9.24. The first kappa shape index (κ1) is 18.4. The molecule has 0 fully saturated rings. The van der Waals surface area contributed by atoms with E-state index in [0.29, 0.717) is 13.1 Å². The minimum absolute atomic E-state index is 0.0682. The van der Waals surface area contributed by atoms with Crippen LogP contribution in [-0.2, 0) is 5.41 Å². The summed E-state index contributed by atoms with van der Waals surface area (Å²) in [5, 5.41) is 6.54. The highest BCUT2D eigenvalue weighted by Crippen LogP contribution is 2.39. The number of nitrogens with one attached hydrogen (secondary N) is 2. The second-order valence-electron chi connectivity index (χ2n) is 7.50. The van der Waals surface area contributed by atoms with Crippen LogP contribution >= 0.6 is 0 Å². The number of carbonyl (C=O) groups is 1. The molecule has 1 aromatic carbocycles. The fraction of sp³-hybridized carbons (Fsp3) is 0.429. The second-order valence-corrected chi connectivity index (χ2v) is 7.50. The van der Waals surface area contributed by atoms with Crippen LogP contribution in [0.4, 0.5) is 10.5 Å². The average Bonchev–Trinajstić information content (AvgIpc) is 2.90. The number of anilines is 1. The summed E-state index contributed by atoms with van der Waals surface area (Å²) in [4.78, 5) is 19.4. The van der Waals surface area contributed by atoms with Crippen LogP contribution in [-0.4, -0.2) is 30.6 Å². The lowest BCUT2D eigenvalue weighted by Crippen LogP contribution is -2.44. The Labute approximate surface area is 155 Å². The van der Waals surface area contributed by atoms with Crippen LogP contribution in [0.3, 0.4) is 0 Å². The van der Waals surface area contributed by atoms with Crippen molar-refractivity contribution >= 4 is 11.7 Å². The maximum absolute atomic E-state index is 12.9. The number of hydrogen-bond donors (Lipinski definition) is 2. The average molecular weight is 352 g/mol. The number of benzene rings is 1. The fourth-order valence-corrected chi connectivity index (χ4v) is 3.53. The smallest absolute Gasteiger partial charge is 0.322 e. The molecule has 5 heteroatoms. The van der Waals surface area contributed by atoms with Crippen molar-refractivity contribution in [2.45, 2.75) is 39.2 Å². The molecule has 1 aliphatic heterocycles. The molecule has 0 saturated carbocycles. The Morgan fingerprint density at radius 2 is 1.96 bits per heavy atom. The van der Waals surface area contributed by atoms with Gasteiger partial charge in [-0.3, -0.25) is 9.88 Å². The maximum Gasteiger partial charge on any atom is 0.322 e. The van der Waals surface area contributed by atoms with Crippen LogP contribution in [0.25, 0.3) is 0 Å². The lowest BCUT2D eigenvalue weighted by Gasteiger charge is -2.23. The third kappa shape index (κ3) is 3.73. The van der Waals surface area contributed by atoms with Crippen molar-refractivity contribution in [1.82, 2.24) is 15.6 Å². The molecule has 1 aromatic heterocycles. The van der Waals surface area contributed by atoms with Gasteiger partial charge in [0.25, 0.3) is 0 Å². The van der Waals surface area contributed by atoms with E-state index in [0.717, 1.165) is 23.6 Å². The van der Waals surface area contributed by atoms with E-state index in [1.807, 2.05) is 42.2 Å². The van der Waals surface area contributed by atoms with E-state index in [9.17, 15) is 4.79 Å². The number of rotatable bonds is 5. The fourth-order valence-electron chi connectivity index (χ4n) is 3.53. The van der Waals surface area contributed by atoms with Gasteiger partial charge in [-0.15, -0.1) is 0 Å². The molecule has 2 N–H and O–H groups in total. The highest BCUT2D eigenvalue weighted by Gasteiger charge is 2.39. The molecule has 1 atom stereocenters. The predicted octanol–water partition coefficient (Wildman–Crippen LogP) is 3.55. The summed E-state index contributed by atoms with van der Waals surface area (Å²) < 4.78 is 0. The topological polar surface area (TPSA) is 57.3 Å². The first-order chi connectivity index (χ1) is 12.4. The predicted molar refractivity (Wildman–Crippen MR) is 106 cm³/mol. The number of pyridine rings is 1. The Morgan fingerprint density at radius 3 is 2.65 bits per heavy atom. The Hall–Kier alpha value is -2.40. The van der Waals surface area contributed by atoms with E-state index < -0.39 is 0 Å². The molecule has 3 rings (SSSR count). The molecular formula is C21H28N4O. The standard InChI is InChI=1S/C21H28N4O/c1-5-22-17(16-9-7-6-8-10-16)13-23-20(26)25-14-21(3,4)19-18(25)12-11-15(2)24-19/h6-12,17,22H,5,13-14H2,1-4H3,(H,23,26)/t17-/m0/s1. The van der Waals surface area contributed by atoms with Gasteiger partial charge in [-0.2, -0.15) is 0 Å². The molecule has 0 saturated heterocycles.